The predicted octanol–water partition coefficient (Wildman–Crippen LogP) is 1.43. The number of hydrogen-bond acceptors (Lipinski definition) is 3. The zero-order valence-corrected chi connectivity index (χ0v) is 12.3. The molecular formula is C12H26N2O2S. The van der Waals surface area contributed by atoms with Gasteiger partial charge in [-0.15, -0.1) is 0 Å². The van der Waals surface area contributed by atoms with E-state index in [0.717, 1.165) is 12.8 Å². The summed E-state index contributed by atoms with van der Waals surface area (Å²) < 4.78 is 26.0. The van der Waals surface area contributed by atoms with Crippen molar-refractivity contribution >= 4 is 10.0 Å². The lowest BCUT2D eigenvalue weighted by molar-refractivity contribution is 0.220. The topological polar surface area (TPSA) is 49.4 Å². The largest absolute Gasteiger partial charge is 0.313 e. The number of nitrogens with one attached hydrogen (secondary N) is 1. The molecule has 1 fully saturated rings. The Balaban J connectivity index is 2.52. The lowest BCUT2D eigenvalue weighted by Gasteiger charge is -2.35. The second kappa shape index (κ2) is 6.16. The van der Waals surface area contributed by atoms with Gasteiger partial charge in [0.1, 0.15) is 0 Å². The Morgan fingerprint density at radius 3 is 2.53 bits per heavy atom. The first kappa shape index (κ1) is 14.9. The Kier molecular flexibility index (Phi) is 5.41. The Labute approximate surface area is 106 Å². The molecule has 0 spiro atoms. The van der Waals surface area contributed by atoms with E-state index in [1.54, 1.807) is 4.31 Å². The molecule has 17 heavy (non-hydrogen) atoms. The molecule has 2 atom stereocenters. The number of hydrogen-bond donors (Lipinski definition) is 1. The maximum atomic E-state index is 12.2. The summed E-state index contributed by atoms with van der Waals surface area (Å²) >= 11 is 0. The summed E-state index contributed by atoms with van der Waals surface area (Å²) in [5.74, 6) is 0.856. The molecule has 1 saturated heterocycles. The van der Waals surface area contributed by atoms with Crippen molar-refractivity contribution in [2.24, 2.45) is 5.92 Å². The lowest BCUT2D eigenvalue weighted by atomic mass is 9.95. The second-order valence-corrected chi connectivity index (χ2v) is 7.56. The van der Waals surface area contributed by atoms with Gasteiger partial charge in [-0.3, -0.25) is 0 Å². The summed E-state index contributed by atoms with van der Waals surface area (Å²) in [4.78, 5) is 0. The SMILES string of the molecule is CC1CCN(S(=O)(=O)CCNC(C)C)C(C)C1. The monoisotopic (exact) mass is 262 g/mol. The third-order valence-corrected chi connectivity index (χ3v) is 5.32. The van der Waals surface area contributed by atoms with Crippen LogP contribution in [-0.2, 0) is 10.0 Å². The van der Waals surface area contributed by atoms with Crippen LogP contribution in [0.4, 0.5) is 0 Å². The van der Waals surface area contributed by atoms with Crippen LogP contribution in [0.2, 0.25) is 0 Å². The van der Waals surface area contributed by atoms with E-state index in [0.29, 0.717) is 25.0 Å². The van der Waals surface area contributed by atoms with Crippen molar-refractivity contribution in [3.63, 3.8) is 0 Å². The quantitative estimate of drug-likeness (QED) is 0.815. The molecule has 0 aliphatic carbocycles. The summed E-state index contributed by atoms with van der Waals surface area (Å²) in [7, 11) is -3.08. The predicted molar refractivity (Wildman–Crippen MR) is 71.5 cm³/mol. The summed E-state index contributed by atoms with van der Waals surface area (Å²) in [6.45, 7) is 9.49. The van der Waals surface area contributed by atoms with Gasteiger partial charge in [0.05, 0.1) is 5.75 Å². The maximum Gasteiger partial charge on any atom is 0.215 e. The Morgan fingerprint density at radius 2 is 2.00 bits per heavy atom. The molecule has 1 N–H and O–H groups in total. The normalized spacial score (nSPS) is 27.6. The maximum absolute atomic E-state index is 12.2. The molecule has 0 aromatic heterocycles. The molecule has 0 saturated carbocycles. The molecular weight excluding hydrogens is 236 g/mol. The lowest BCUT2D eigenvalue weighted by Crippen LogP contribution is -2.46. The van der Waals surface area contributed by atoms with Crippen molar-refractivity contribution in [1.82, 2.24) is 9.62 Å². The van der Waals surface area contributed by atoms with Crippen molar-refractivity contribution in [2.45, 2.75) is 52.6 Å². The van der Waals surface area contributed by atoms with Crippen LogP contribution < -0.4 is 5.32 Å². The first-order valence-corrected chi connectivity index (χ1v) is 8.16. The second-order valence-electron chi connectivity index (χ2n) is 5.51. The fourth-order valence-electron chi connectivity index (χ4n) is 2.39. The fourth-order valence-corrected chi connectivity index (χ4v) is 4.02. The smallest absolute Gasteiger partial charge is 0.215 e. The van der Waals surface area contributed by atoms with E-state index in [1.165, 1.54) is 0 Å². The van der Waals surface area contributed by atoms with Crippen molar-refractivity contribution in [3.8, 4) is 0 Å². The molecule has 4 nitrogen and oxygen atoms in total. The van der Waals surface area contributed by atoms with Gasteiger partial charge >= 0.3 is 0 Å². The van der Waals surface area contributed by atoms with Gasteiger partial charge in [-0.05, 0) is 25.7 Å². The molecule has 0 aromatic rings. The van der Waals surface area contributed by atoms with Crippen molar-refractivity contribution in [3.05, 3.63) is 0 Å². The molecule has 102 valence electrons. The van der Waals surface area contributed by atoms with E-state index < -0.39 is 10.0 Å². The summed E-state index contributed by atoms with van der Waals surface area (Å²) in [6, 6.07) is 0.492. The van der Waals surface area contributed by atoms with Gasteiger partial charge in [-0.25, -0.2) is 8.42 Å². The van der Waals surface area contributed by atoms with Crippen LogP contribution in [0.3, 0.4) is 0 Å². The standard InChI is InChI=1S/C12H26N2O2S/c1-10(2)13-6-8-17(15,16)14-7-5-11(3)9-12(14)4/h10-13H,5-9H2,1-4H3. The fraction of sp³-hybridized carbons (Fsp3) is 1.00. The third-order valence-electron chi connectivity index (χ3n) is 3.35. The van der Waals surface area contributed by atoms with Crippen LogP contribution in [0.25, 0.3) is 0 Å². The van der Waals surface area contributed by atoms with E-state index in [1.807, 2.05) is 20.8 Å². The number of nitrogens with zero attached hydrogens (tertiary/aromatic N) is 1. The molecule has 1 aliphatic heterocycles. The molecule has 2 unspecified atom stereocenters. The zero-order chi connectivity index (χ0) is 13.1. The summed E-state index contributed by atoms with van der Waals surface area (Å²) in [6.07, 6.45) is 1.97. The first-order chi connectivity index (χ1) is 7.83. The molecule has 0 bridgehead atoms. The van der Waals surface area contributed by atoms with Crippen LogP contribution >= 0.6 is 0 Å². The number of rotatable bonds is 5. The summed E-state index contributed by atoms with van der Waals surface area (Å²) in [5, 5.41) is 3.16. The molecule has 0 aromatic carbocycles. The van der Waals surface area contributed by atoms with E-state index >= 15 is 0 Å². The minimum Gasteiger partial charge on any atom is -0.313 e. The zero-order valence-electron chi connectivity index (χ0n) is 11.4. The van der Waals surface area contributed by atoms with Crippen molar-refractivity contribution < 1.29 is 8.42 Å². The third kappa shape index (κ3) is 4.56. The summed E-state index contributed by atoms with van der Waals surface area (Å²) in [5.41, 5.74) is 0. The minimum absolute atomic E-state index is 0.155. The van der Waals surface area contributed by atoms with E-state index in [9.17, 15) is 8.42 Å². The van der Waals surface area contributed by atoms with Crippen LogP contribution in [0.5, 0.6) is 0 Å². The van der Waals surface area contributed by atoms with Gasteiger partial charge in [0, 0.05) is 25.2 Å². The minimum atomic E-state index is -3.08. The van der Waals surface area contributed by atoms with Crippen LogP contribution in [-0.4, -0.2) is 43.6 Å². The highest BCUT2D eigenvalue weighted by Gasteiger charge is 2.31. The highest BCUT2D eigenvalue weighted by molar-refractivity contribution is 7.89. The van der Waals surface area contributed by atoms with Gasteiger partial charge in [0.15, 0.2) is 0 Å². The van der Waals surface area contributed by atoms with Crippen molar-refractivity contribution in [1.29, 1.82) is 0 Å². The molecule has 0 amide bonds. The molecule has 5 heteroatoms. The molecule has 0 radical (unpaired) electrons. The highest BCUT2D eigenvalue weighted by Crippen LogP contribution is 2.24. The van der Waals surface area contributed by atoms with E-state index in [-0.39, 0.29) is 11.8 Å². The molecule has 1 rings (SSSR count). The highest BCUT2D eigenvalue weighted by atomic mass is 32.2. The van der Waals surface area contributed by atoms with Gasteiger partial charge in [-0.1, -0.05) is 20.8 Å². The molecule has 1 aliphatic rings. The van der Waals surface area contributed by atoms with Gasteiger partial charge in [0.2, 0.25) is 10.0 Å². The van der Waals surface area contributed by atoms with Crippen LogP contribution in [0.1, 0.15) is 40.5 Å². The van der Waals surface area contributed by atoms with E-state index in [4.69, 9.17) is 0 Å². The van der Waals surface area contributed by atoms with Gasteiger partial charge < -0.3 is 5.32 Å². The average molecular weight is 262 g/mol. The van der Waals surface area contributed by atoms with Gasteiger partial charge in [0.25, 0.3) is 0 Å². The number of sulfonamides is 1. The first-order valence-electron chi connectivity index (χ1n) is 6.56. The van der Waals surface area contributed by atoms with Crippen LogP contribution in [0.15, 0.2) is 0 Å². The molecule has 1 heterocycles. The Hall–Kier alpha value is -0.130. The average Bonchev–Trinajstić information content (AvgIpc) is 2.15. The Morgan fingerprint density at radius 1 is 1.35 bits per heavy atom. The Bertz CT molecular complexity index is 327. The number of piperidine rings is 1. The van der Waals surface area contributed by atoms with Gasteiger partial charge in [-0.2, -0.15) is 4.31 Å². The van der Waals surface area contributed by atoms with Crippen molar-refractivity contribution in [2.75, 3.05) is 18.8 Å². The van der Waals surface area contributed by atoms with E-state index in [2.05, 4.69) is 12.2 Å². The van der Waals surface area contributed by atoms with Crippen LogP contribution in [0, 0.1) is 5.92 Å².